The van der Waals surface area contributed by atoms with Gasteiger partial charge in [0.1, 0.15) is 5.82 Å². The Morgan fingerprint density at radius 3 is 2.85 bits per heavy atom. The third kappa shape index (κ3) is 2.18. The molecule has 3 aromatic rings. The zero-order valence-corrected chi connectivity index (χ0v) is 13.9. The largest absolute Gasteiger partial charge is 0.331 e. The average molecular weight is 402 g/mol. The van der Waals surface area contributed by atoms with Gasteiger partial charge >= 0.3 is 0 Å². The van der Waals surface area contributed by atoms with Crippen LogP contribution in [-0.4, -0.2) is 19.3 Å². The number of halogens is 2. The molecule has 4 nitrogen and oxygen atoms in total. The van der Waals surface area contributed by atoms with Crippen molar-refractivity contribution in [1.82, 2.24) is 19.3 Å². The van der Waals surface area contributed by atoms with Crippen LogP contribution < -0.4 is 0 Å². The number of aromatic amines is 1. The summed E-state index contributed by atoms with van der Waals surface area (Å²) in [6.07, 6.45) is 1.82. The number of H-pyrrole nitrogens is 1. The van der Waals surface area contributed by atoms with Crippen LogP contribution in [0.4, 0.5) is 4.39 Å². The second kappa shape index (κ2) is 4.96. The molecule has 0 aliphatic carbocycles. The molecule has 0 unspecified atom stereocenters. The summed E-state index contributed by atoms with van der Waals surface area (Å²) >= 11 is 7.32. The first-order valence-electron chi connectivity index (χ1n) is 6.02. The lowest BCUT2D eigenvalue weighted by Crippen LogP contribution is -2.02. The van der Waals surface area contributed by atoms with Gasteiger partial charge in [-0.05, 0) is 47.8 Å². The van der Waals surface area contributed by atoms with Crippen molar-refractivity contribution in [2.75, 3.05) is 0 Å². The molecule has 0 bridgehead atoms. The van der Waals surface area contributed by atoms with Gasteiger partial charge in [0.15, 0.2) is 4.77 Å². The molecule has 0 saturated heterocycles. The van der Waals surface area contributed by atoms with Gasteiger partial charge in [0.25, 0.3) is 0 Å². The first-order valence-corrected chi connectivity index (χ1v) is 7.51. The number of nitrogens with one attached hydrogen (secondary N) is 1. The highest BCUT2D eigenvalue weighted by Crippen LogP contribution is 2.22. The van der Waals surface area contributed by atoms with Crippen molar-refractivity contribution in [3.63, 3.8) is 0 Å². The highest BCUT2D eigenvalue weighted by Gasteiger charge is 2.11. The van der Waals surface area contributed by atoms with Crippen molar-refractivity contribution in [2.45, 2.75) is 13.5 Å². The fraction of sp³-hybridized carbons (Fsp3) is 0.231. The topological polar surface area (TPSA) is 38.5 Å². The first-order chi connectivity index (χ1) is 9.47. The lowest BCUT2D eigenvalue weighted by atomic mass is 10.2. The van der Waals surface area contributed by atoms with Crippen LogP contribution in [0.2, 0.25) is 0 Å². The molecule has 3 rings (SSSR count). The molecule has 1 aromatic carbocycles. The summed E-state index contributed by atoms with van der Waals surface area (Å²) in [5.74, 6) is -0.233. The summed E-state index contributed by atoms with van der Waals surface area (Å²) in [6.45, 7) is 2.59. The van der Waals surface area contributed by atoms with Gasteiger partial charge in [-0.1, -0.05) is 0 Å². The molecule has 0 fully saturated rings. The van der Waals surface area contributed by atoms with Crippen LogP contribution in [-0.2, 0) is 13.6 Å². The summed E-state index contributed by atoms with van der Waals surface area (Å²) in [5.41, 5.74) is 3.77. The van der Waals surface area contributed by atoms with Crippen LogP contribution >= 0.6 is 34.8 Å². The van der Waals surface area contributed by atoms with Crippen molar-refractivity contribution in [3.8, 4) is 0 Å². The Hall–Kier alpha value is -1.22. The summed E-state index contributed by atoms with van der Waals surface area (Å²) < 4.78 is 18.7. The van der Waals surface area contributed by atoms with E-state index in [-0.39, 0.29) is 5.82 Å². The molecular formula is C13H12FIN4S. The number of aryl methyl sites for hydroxylation is 1. The number of imidazole rings is 1. The monoisotopic (exact) mass is 402 g/mol. The zero-order chi connectivity index (χ0) is 14.4. The normalized spacial score (nSPS) is 11.4. The van der Waals surface area contributed by atoms with E-state index in [0.717, 1.165) is 22.3 Å². The Balaban J connectivity index is 2.16. The quantitative estimate of drug-likeness (QED) is 0.526. The summed E-state index contributed by atoms with van der Waals surface area (Å²) in [6, 6.07) is 3.29. The van der Waals surface area contributed by atoms with E-state index in [1.165, 1.54) is 6.07 Å². The minimum atomic E-state index is -0.233. The third-order valence-electron chi connectivity index (χ3n) is 3.48. The van der Waals surface area contributed by atoms with Crippen molar-refractivity contribution in [1.29, 1.82) is 0 Å². The molecule has 0 atom stereocenters. The average Bonchev–Trinajstić information content (AvgIpc) is 2.86. The molecule has 20 heavy (non-hydrogen) atoms. The number of benzene rings is 1. The van der Waals surface area contributed by atoms with E-state index < -0.39 is 0 Å². The second-order valence-electron chi connectivity index (χ2n) is 4.68. The lowest BCUT2D eigenvalue weighted by Gasteiger charge is -2.05. The van der Waals surface area contributed by atoms with Crippen LogP contribution in [0.3, 0.4) is 0 Å². The maximum absolute atomic E-state index is 13.8. The van der Waals surface area contributed by atoms with Gasteiger partial charge in [-0.3, -0.25) is 4.68 Å². The second-order valence-corrected chi connectivity index (χ2v) is 6.23. The molecule has 2 aromatic heterocycles. The third-order valence-corrected chi connectivity index (χ3v) is 4.63. The SMILES string of the molecule is Cc1c(Cn2c(=S)[nH]c3cc(I)c(F)cc32)cnn1C. The number of aromatic nitrogens is 4. The molecule has 7 heteroatoms. The molecule has 0 spiro atoms. The highest BCUT2D eigenvalue weighted by molar-refractivity contribution is 14.1. The zero-order valence-electron chi connectivity index (χ0n) is 10.9. The Labute approximate surface area is 133 Å². The standard InChI is InChI=1S/C13H12FIN4S/c1-7-8(5-16-18(7)2)6-19-12-3-9(14)10(15)4-11(12)17-13(19)20/h3-5H,6H2,1-2H3,(H,17,20). The molecule has 2 heterocycles. The van der Waals surface area contributed by atoms with Gasteiger partial charge < -0.3 is 9.55 Å². The van der Waals surface area contributed by atoms with Crippen molar-refractivity contribution < 1.29 is 4.39 Å². The summed E-state index contributed by atoms with van der Waals surface area (Å²) in [7, 11) is 1.90. The maximum atomic E-state index is 13.8. The van der Waals surface area contributed by atoms with Crippen molar-refractivity contribution >= 4 is 45.8 Å². The number of hydrogen-bond donors (Lipinski definition) is 1. The molecule has 0 amide bonds. The molecular weight excluding hydrogens is 390 g/mol. The molecule has 0 saturated carbocycles. The van der Waals surface area contributed by atoms with Gasteiger partial charge in [0.2, 0.25) is 0 Å². The van der Waals surface area contributed by atoms with Crippen LogP contribution in [0, 0.1) is 21.1 Å². The number of nitrogens with zero attached hydrogens (tertiary/aromatic N) is 3. The van der Waals surface area contributed by atoms with E-state index in [1.807, 2.05) is 52.0 Å². The van der Waals surface area contributed by atoms with Crippen LogP contribution in [0.25, 0.3) is 11.0 Å². The van der Waals surface area contributed by atoms with Gasteiger partial charge in [0, 0.05) is 24.4 Å². The lowest BCUT2D eigenvalue weighted by molar-refractivity contribution is 0.621. The predicted octanol–water partition coefficient (Wildman–Crippen LogP) is 3.53. The van der Waals surface area contributed by atoms with Crippen molar-refractivity contribution in [3.05, 3.63) is 43.7 Å². The molecule has 104 valence electrons. The van der Waals surface area contributed by atoms with E-state index in [2.05, 4.69) is 10.1 Å². The van der Waals surface area contributed by atoms with E-state index in [1.54, 1.807) is 6.07 Å². The smallest absolute Gasteiger partial charge is 0.178 e. The first kappa shape index (κ1) is 13.7. The van der Waals surface area contributed by atoms with E-state index in [4.69, 9.17) is 12.2 Å². The van der Waals surface area contributed by atoms with Crippen LogP contribution in [0.15, 0.2) is 18.3 Å². The Bertz CT molecular complexity index is 861. The Morgan fingerprint density at radius 1 is 1.45 bits per heavy atom. The summed E-state index contributed by atoms with van der Waals surface area (Å²) in [5, 5.41) is 4.22. The van der Waals surface area contributed by atoms with Gasteiger partial charge in [0.05, 0.1) is 27.3 Å². The molecule has 0 aliphatic heterocycles. The Kier molecular flexibility index (Phi) is 3.41. The summed E-state index contributed by atoms with van der Waals surface area (Å²) in [4.78, 5) is 3.12. The Morgan fingerprint density at radius 2 is 2.20 bits per heavy atom. The van der Waals surface area contributed by atoms with E-state index in [0.29, 0.717) is 14.9 Å². The molecule has 1 N–H and O–H groups in total. The molecule has 0 radical (unpaired) electrons. The van der Waals surface area contributed by atoms with Gasteiger partial charge in [-0.2, -0.15) is 5.10 Å². The fourth-order valence-corrected chi connectivity index (χ4v) is 2.92. The predicted molar refractivity (Wildman–Crippen MR) is 86.8 cm³/mol. The highest BCUT2D eigenvalue weighted by atomic mass is 127. The maximum Gasteiger partial charge on any atom is 0.178 e. The van der Waals surface area contributed by atoms with Crippen LogP contribution in [0.1, 0.15) is 11.3 Å². The number of fused-ring (bicyclic) bond motifs is 1. The van der Waals surface area contributed by atoms with Crippen molar-refractivity contribution in [2.24, 2.45) is 7.05 Å². The fourth-order valence-electron chi connectivity index (χ4n) is 2.18. The van der Waals surface area contributed by atoms with Gasteiger partial charge in [-0.25, -0.2) is 4.39 Å². The van der Waals surface area contributed by atoms with Gasteiger partial charge in [-0.15, -0.1) is 0 Å². The van der Waals surface area contributed by atoms with E-state index in [9.17, 15) is 4.39 Å². The number of rotatable bonds is 2. The molecule has 0 aliphatic rings. The van der Waals surface area contributed by atoms with E-state index >= 15 is 0 Å². The minimum Gasteiger partial charge on any atom is -0.331 e. The van der Waals surface area contributed by atoms with Crippen LogP contribution in [0.5, 0.6) is 0 Å². The number of hydrogen-bond acceptors (Lipinski definition) is 2. The minimum absolute atomic E-state index is 0.233.